The summed E-state index contributed by atoms with van der Waals surface area (Å²) in [5, 5.41) is 3.39. The second-order valence-electron chi connectivity index (χ2n) is 6.95. The molecule has 0 bridgehead atoms. The Morgan fingerprint density at radius 3 is 2.52 bits per heavy atom. The number of carbonyl (C=O) groups excluding carboxylic acids is 1. The predicted octanol–water partition coefficient (Wildman–Crippen LogP) is 3.63. The van der Waals surface area contributed by atoms with E-state index >= 15 is 0 Å². The number of nitrogens with zero attached hydrogens (tertiary/aromatic N) is 1. The number of halogens is 1. The van der Waals surface area contributed by atoms with Crippen LogP contribution in [0.25, 0.3) is 0 Å². The highest BCUT2D eigenvalue weighted by Gasteiger charge is 2.24. The average Bonchev–Trinajstić information content (AvgIpc) is 3.01. The third-order valence-corrected chi connectivity index (χ3v) is 5.20. The summed E-state index contributed by atoms with van der Waals surface area (Å²) in [7, 11) is 0. The van der Waals surface area contributed by atoms with Crippen molar-refractivity contribution < 1.29 is 4.79 Å². The molecular weight excluding hydrogens is 308 g/mol. The number of carbonyl (C=O) groups is 1. The van der Waals surface area contributed by atoms with Crippen LogP contribution in [0.15, 0.2) is 30.3 Å². The van der Waals surface area contributed by atoms with Gasteiger partial charge in [0.05, 0.1) is 0 Å². The van der Waals surface area contributed by atoms with Crippen molar-refractivity contribution in [3.63, 3.8) is 0 Å². The fourth-order valence-electron chi connectivity index (χ4n) is 3.49. The highest BCUT2D eigenvalue weighted by atomic mass is 35.5. The van der Waals surface area contributed by atoms with Gasteiger partial charge in [-0.3, -0.25) is 4.79 Å². The van der Waals surface area contributed by atoms with Gasteiger partial charge in [-0.2, -0.15) is 0 Å². The Bertz CT molecular complexity index is 470. The molecule has 1 saturated carbocycles. The number of amides is 1. The number of nitrogens with one attached hydrogen (secondary N) is 1. The molecule has 0 spiro atoms. The molecule has 0 aromatic heterocycles. The van der Waals surface area contributed by atoms with Crippen LogP contribution in [0.2, 0.25) is 0 Å². The first-order valence-corrected chi connectivity index (χ1v) is 8.83. The summed E-state index contributed by atoms with van der Waals surface area (Å²) in [6.45, 7) is 3.94. The predicted molar refractivity (Wildman–Crippen MR) is 96.7 cm³/mol. The molecule has 1 saturated heterocycles. The van der Waals surface area contributed by atoms with Crippen LogP contribution in [-0.4, -0.2) is 30.4 Å². The number of rotatable bonds is 7. The lowest BCUT2D eigenvalue weighted by Gasteiger charge is -2.33. The Balaban J connectivity index is 0.00000192. The van der Waals surface area contributed by atoms with Gasteiger partial charge in [0, 0.05) is 19.5 Å². The highest BCUT2D eigenvalue weighted by Crippen LogP contribution is 2.28. The van der Waals surface area contributed by atoms with Gasteiger partial charge in [0.15, 0.2) is 0 Å². The van der Waals surface area contributed by atoms with E-state index in [1.165, 1.54) is 31.2 Å². The van der Waals surface area contributed by atoms with E-state index in [0.717, 1.165) is 38.5 Å². The lowest BCUT2D eigenvalue weighted by molar-refractivity contribution is -0.133. The maximum Gasteiger partial charge on any atom is 0.222 e. The third kappa shape index (κ3) is 5.50. The Morgan fingerprint density at radius 1 is 1.13 bits per heavy atom. The first kappa shape index (κ1) is 18.3. The normalized spacial score (nSPS) is 20.6. The van der Waals surface area contributed by atoms with Crippen molar-refractivity contribution in [2.75, 3.05) is 19.6 Å². The van der Waals surface area contributed by atoms with Crippen LogP contribution < -0.4 is 5.32 Å². The zero-order valence-corrected chi connectivity index (χ0v) is 14.7. The van der Waals surface area contributed by atoms with Gasteiger partial charge in [-0.15, -0.1) is 12.4 Å². The molecule has 0 radical (unpaired) electrons. The fourth-order valence-corrected chi connectivity index (χ4v) is 3.49. The molecule has 3 rings (SSSR count). The second-order valence-corrected chi connectivity index (χ2v) is 6.95. The fraction of sp³-hybridized carbons (Fsp3) is 0.632. The zero-order chi connectivity index (χ0) is 15.2. The largest absolute Gasteiger partial charge is 0.338 e. The Hall–Kier alpha value is -1.06. The molecule has 1 aromatic rings. The van der Waals surface area contributed by atoms with Crippen molar-refractivity contribution in [1.29, 1.82) is 0 Å². The maximum absolute atomic E-state index is 12.7. The van der Waals surface area contributed by atoms with Gasteiger partial charge in [0.1, 0.15) is 0 Å². The van der Waals surface area contributed by atoms with E-state index in [9.17, 15) is 4.79 Å². The van der Waals surface area contributed by atoms with E-state index in [2.05, 4.69) is 34.5 Å². The number of hydrogen-bond acceptors (Lipinski definition) is 2. The van der Waals surface area contributed by atoms with Gasteiger partial charge in [-0.1, -0.05) is 36.8 Å². The van der Waals surface area contributed by atoms with Gasteiger partial charge in [0.2, 0.25) is 5.91 Å². The summed E-state index contributed by atoms with van der Waals surface area (Å²) in [5.74, 6) is 1.79. The smallest absolute Gasteiger partial charge is 0.222 e. The van der Waals surface area contributed by atoms with Gasteiger partial charge in [-0.05, 0) is 56.2 Å². The minimum Gasteiger partial charge on any atom is -0.338 e. The molecule has 2 aliphatic rings. The summed E-state index contributed by atoms with van der Waals surface area (Å²) >= 11 is 0. The molecule has 3 nitrogen and oxygen atoms in total. The molecule has 1 atom stereocenters. The average molecular weight is 337 g/mol. The van der Waals surface area contributed by atoms with Crippen LogP contribution in [0.4, 0.5) is 0 Å². The molecule has 1 unspecified atom stereocenters. The lowest BCUT2D eigenvalue weighted by atomic mass is 9.85. The number of hydrogen-bond donors (Lipinski definition) is 1. The van der Waals surface area contributed by atoms with E-state index in [0.29, 0.717) is 18.2 Å². The van der Waals surface area contributed by atoms with Crippen LogP contribution in [0.1, 0.15) is 44.1 Å². The standard InChI is InChI=1S/C19H28N2O.ClH/c22-19(10-9-16-11-12-20-13-16)21(15-18-7-4-8-18)14-17-5-2-1-3-6-17;/h1-3,5-6,16,18,20H,4,7-15H2;1H. The van der Waals surface area contributed by atoms with Crippen molar-refractivity contribution in [2.45, 2.75) is 45.1 Å². The van der Waals surface area contributed by atoms with Crippen molar-refractivity contribution in [1.82, 2.24) is 10.2 Å². The quantitative estimate of drug-likeness (QED) is 0.824. The minimum atomic E-state index is 0. The van der Waals surface area contributed by atoms with Crippen molar-refractivity contribution in [3.8, 4) is 0 Å². The SMILES string of the molecule is Cl.O=C(CCC1CCNC1)N(Cc1ccccc1)CC1CCC1. The summed E-state index contributed by atoms with van der Waals surface area (Å²) in [6.07, 6.45) is 6.92. The van der Waals surface area contributed by atoms with E-state index < -0.39 is 0 Å². The van der Waals surface area contributed by atoms with E-state index in [-0.39, 0.29) is 12.4 Å². The number of benzene rings is 1. The summed E-state index contributed by atoms with van der Waals surface area (Å²) in [5.41, 5.74) is 1.25. The van der Waals surface area contributed by atoms with E-state index in [1.807, 2.05) is 6.07 Å². The van der Waals surface area contributed by atoms with Crippen LogP contribution in [0.3, 0.4) is 0 Å². The summed E-state index contributed by atoms with van der Waals surface area (Å²) in [6, 6.07) is 10.4. The van der Waals surface area contributed by atoms with Crippen molar-refractivity contribution in [3.05, 3.63) is 35.9 Å². The van der Waals surface area contributed by atoms with Crippen LogP contribution in [0.5, 0.6) is 0 Å². The van der Waals surface area contributed by atoms with Gasteiger partial charge in [0.25, 0.3) is 0 Å². The van der Waals surface area contributed by atoms with Gasteiger partial charge >= 0.3 is 0 Å². The van der Waals surface area contributed by atoms with E-state index in [4.69, 9.17) is 0 Å². The lowest BCUT2D eigenvalue weighted by Crippen LogP contribution is -2.37. The van der Waals surface area contributed by atoms with Gasteiger partial charge < -0.3 is 10.2 Å². The van der Waals surface area contributed by atoms with Crippen LogP contribution >= 0.6 is 12.4 Å². The molecule has 1 amide bonds. The molecule has 23 heavy (non-hydrogen) atoms. The first-order chi connectivity index (χ1) is 10.8. The molecule has 1 aromatic carbocycles. The highest BCUT2D eigenvalue weighted by molar-refractivity contribution is 5.85. The first-order valence-electron chi connectivity index (χ1n) is 8.83. The Kier molecular flexibility index (Phi) is 7.38. The van der Waals surface area contributed by atoms with Crippen molar-refractivity contribution >= 4 is 18.3 Å². The van der Waals surface area contributed by atoms with Gasteiger partial charge in [-0.25, -0.2) is 0 Å². The second kappa shape index (κ2) is 9.29. The zero-order valence-electron chi connectivity index (χ0n) is 13.9. The molecule has 1 aliphatic heterocycles. The third-order valence-electron chi connectivity index (χ3n) is 5.20. The summed E-state index contributed by atoms with van der Waals surface area (Å²) in [4.78, 5) is 14.8. The molecule has 128 valence electrons. The van der Waals surface area contributed by atoms with Crippen LogP contribution in [0, 0.1) is 11.8 Å². The molecule has 1 heterocycles. The summed E-state index contributed by atoms with van der Waals surface area (Å²) < 4.78 is 0. The minimum absolute atomic E-state index is 0. The Morgan fingerprint density at radius 2 is 1.91 bits per heavy atom. The molecular formula is C19H29ClN2O. The van der Waals surface area contributed by atoms with Crippen molar-refractivity contribution in [2.24, 2.45) is 11.8 Å². The monoisotopic (exact) mass is 336 g/mol. The topological polar surface area (TPSA) is 32.3 Å². The molecule has 2 fully saturated rings. The molecule has 1 aliphatic carbocycles. The Labute approximate surface area is 146 Å². The molecule has 1 N–H and O–H groups in total. The maximum atomic E-state index is 12.7. The van der Waals surface area contributed by atoms with E-state index in [1.54, 1.807) is 0 Å². The molecule has 4 heteroatoms. The van der Waals surface area contributed by atoms with Crippen LogP contribution in [-0.2, 0) is 11.3 Å².